The summed E-state index contributed by atoms with van der Waals surface area (Å²) in [7, 11) is 0. The molecule has 1 aromatic heterocycles. The normalized spacial score (nSPS) is 19.8. The predicted octanol–water partition coefficient (Wildman–Crippen LogP) is 6.31. The van der Waals surface area contributed by atoms with E-state index in [1.165, 1.54) is 0 Å². The number of carboxylic acid groups (broad SMARTS) is 1. The number of carbonyl (C=O) groups excluding carboxylic acids is 1. The number of pyridine rings is 1. The van der Waals surface area contributed by atoms with E-state index in [4.69, 9.17) is 14.6 Å². The van der Waals surface area contributed by atoms with Crippen molar-refractivity contribution in [3.63, 3.8) is 0 Å². The number of hydrogen-bond donors (Lipinski definition) is 3. The van der Waals surface area contributed by atoms with Crippen LogP contribution in [-0.2, 0) is 32.2 Å². The van der Waals surface area contributed by atoms with Crippen LogP contribution in [0.1, 0.15) is 54.4 Å². The van der Waals surface area contributed by atoms with Crippen molar-refractivity contribution in [1.29, 1.82) is 0 Å². The molecule has 1 saturated heterocycles. The third-order valence-corrected chi connectivity index (χ3v) is 8.69. The topological polar surface area (TPSA) is 118 Å². The number of aliphatic hydroxyl groups is 1. The second-order valence-electron chi connectivity index (χ2n) is 10.8. The second-order valence-corrected chi connectivity index (χ2v) is 11.8. The number of ether oxygens (including phenoxy) is 2. The SMILES string of the molecule is CC1C(CSc2ccccn2)OC(c2ccc(-c3cccc(CNC(=O)CCC(=O)O)c3)cc2)OC1c1ccc(CO)cc1. The van der Waals surface area contributed by atoms with Crippen molar-refractivity contribution in [3.8, 4) is 11.1 Å². The Kier molecular flexibility index (Phi) is 10.8. The van der Waals surface area contributed by atoms with Crippen LogP contribution in [0.5, 0.6) is 0 Å². The Morgan fingerprint density at radius 2 is 1.64 bits per heavy atom. The van der Waals surface area contributed by atoms with Crippen LogP contribution in [0.3, 0.4) is 0 Å². The monoisotopic (exact) mass is 612 g/mol. The molecule has 3 aromatic carbocycles. The summed E-state index contributed by atoms with van der Waals surface area (Å²) in [6, 6.07) is 29.8. The van der Waals surface area contributed by atoms with Crippen molar-refractivity contribution in [3.05, 3.63) is 119 Å². The highest BCUT2D eigenvalue weighted by Crippen LogP contribution is 2.43. The molecule has 4 unspecified atom stereocenters. The van der Waals surface area contributed by atoms with Gasteiger partial charge in [-0.3, -0.25) is 9.59 Å². The number of nitrogens with one attached hydrogen (secondary N) is 1. The van der Waals surface area contributed by atoms with E-state index in [1.54, 1.807) is 18.0 Å². The van der Waals surface area contributed by atoms with Crippen molar-refractivity contribution >= 4 is 23.6 Å². The summed E-state index contributed by atoms with van der Waals surface area (Å²) >= 11 is 1.66. The van der Waals surface area contributed by atoms with Gasteiger partial charge in [0.2, 0.25) is 5.91 Å². The Balaban J connectivity index is 1.31. The summed E-state index contributed by atoms with van der Waals surface area (Å²) in [5.74, 6) is -0.478. The zero-order valence-corrected chi connectivity index (χ0v) is 25.3. The average Bonchev–Trinajstić information content (AvgIpc) is 3.06. The van der Waals surface area contributed by atoms with Crippen LogP contribution in [0.25, 0.3) is 11.1 Å². The number of thioether (sulfide) groups is 1. The molecule has 0 spiro atoms. The molecule has 0 saturated carbocycles. The number of nitrogens with zero attached hydrogens (tertiary/aromatic N) is 1. The molecule has 0 radical (unpaired) electrons. The molecule has 0 aliphatic carbocycles. The summed E-state index contributed by atoms with van der Waals surface area (Å²) in [6.45, 7) is 2.47. The average molecular weight is 613 g/mol. The first-order chi connectivity index (χ1) is 21.4. The third-order valence-electron chi connectivity index (χ3n) is 7.66. The van der Waals surface area contributed by atoms with Crippen molar-refractivity contribution in [2.75, 3.05) is 5.75 Å². The van der Waals surface area contributed by atoms with Gasteiger partial charge in [0, 0.05) is 36.4 Å². The van der Waals surface area contributed by atoms with Crippen molar-refractivity contribution in [2.24, 2.45) is 5.92 Å². The van der Waals surface area contributed by atoms with E-state index >= 15 is 0 Å². The number of rotatable bonds is 12. The maximum absolute atomic E-state index is 11.9. The fraction of sp³-hybridized carbons (Fsp3) is 0.286. The molecule has 1 amide bonds. The van der Waals surface area contributed by atoms with E-state index in [2.05, 4.69) is 17.2 Å². The number of hydrogen-bond acceptors (Lipinski definition) is 7. The molecule has 9 heteroatoms. The van der Waals surface area contributed by atoms with Gasteiger partial charge in [0.05, 0.1) is 30.3 Å². The van der Waals surface area contributed by atoms with Crippen LogP contribution in [0.15, 0.2) is 102 Å². The van der Waals surface area contributed by atoms with Gasteiger partial charge in [-0.25, -0.2) is 4.98 Å². The number of carboxylic acids is 1. The summed E-state index contributed by atoms with van der Waals surface area (Å²) in [5.41, 5.74) is 5.74. The number of aromatic nitrogens is 1. The van der Waals surface area contributed by atoms with Gasteiger partial charge in [0.25, 0.3) is 0 Å². The van der Waals surface area contributed by atoms with E-state index in [0.29, 0.717) is 6.54 Å². The Morgan fingerprint density at radius 3 is 2.34 bits per heavy atom. The van der Waals surface area contributed by atoms with Crippen LogP contribution in [0, 0.1) is 5.92 Å². The lowest BCUT2D eigenvalue weighted by Crippen LogP contribution is -2.38. The highest BCUT2D eigenvalue weighted by molar-refractivity contribution is 7.99. The molecule has 3 N–H and O–H groups in total. The van der Waals surface area contributed by atoms with E-state index in [0.717, 1.165) is 44.2 Å². The first kappa shape index (κ1) is 31.4. The van der Waals surface area contributed by atoms with Gasteiger partial charge in [-0.2, -0.15) is 0 Å². The van der Waals surface area contributed by atoms with Gasteiger partial charge in [0.15, 0.2) is 6.29 Å². The zero-order valence-electron chi connectivity index (χ0n) is 24.5. The van der Waals surface area contributed by atoms with Crippen molar-refractivity contribution < 1.29 is 29.3 Å². The standard InChI is InChI=1S/C35H36N2O6S/c1-23-30(22-44-32-7-2-3-18-36-32)42-35(43-34(23)27-10-8-24(21-38)9-11-27)28-14-12-26(13-15-28)29-6-4-5-25(19-29)20-37-31(39)16-17-33(40)41/h2-15,18-19,23,30,34-35,38H,16-17,20-22H2,1H3,(H,37,39)(H,40,41). The summed E-state index contributed by atoms with van der Waals surface area (Å²) in [5, 5.41) is 22.0. The van der Waals surface area contributed by atoms with Crippen LogP contribution < -0.4 is 5.32 Å². The molecule has 8 nitrogen and oxygen atoms in total. The maximum atomic E-state index is 11.9. The Hall–Kier alpha value is -4.02. The molecule has 1 fully saturated rings. The molecule has 228 valence electrons. The third kappa shape index (κ3) is 8.33. The van der Waals surface area contributed by atoms with Crippen LogP contribution in [0.4, 0.5) is 0 Å². The molecule has 1 aliphatic rings. The van der Waals surface area contributed by atoms with Crippen molar-refractivity contribution in [1.82, 2.24) is 10.3 Å². The van der Waals surface area contributed by atoms with Gasteiger partial charge in [-0.05, 0) is 46.0 Å². The number of aliphatic hydroxyl groups excluding tert-OH is 1. The quantitative estimate of drug-likeness (QED) is 0.160. The van der Waals surface area contributed by atoms with Gasteiger partial charge in [0.1, 0.15) is 0 Å². The Labute approximate surface area is 261 Å². The predicted molar refractivity (Wildman–Crippen MR) is 169 cm³/mol. The zero-order chi connectivity index (χ0) is 30.9. The summed E-state index contributed by atoms with van der Waals surface area (Å²) < 4.78 is 13.2. The minimum absolute atomic E-state index is 0.00683. The molecule has 5 rings (SSSR count). The highest BCUT2D eigenvalue weighted by atomic mass is 32.2. The number of aliphatic carboxylic acids is 1. The molecule has 4 aromatic rings. The summed E-state index contributed by atoms with van der Waals surface area (Å²) in [4.78, 5) is 27.1. The molecule has 1 aliphatic heterocycles. The first-order valence-corrected chi connectivity index (χ1v) is 15.6. The lowest BCUT2D eigenvalue weighted by atomic mass is 9.91. The molecule has 44 heavy (non-hydrogen) atoms. The van der Waals surface area contributed by atoms with Gasteiger partial charge in [-0.15, -0.1) is 11.8 Å². The van der Waals surface area contributed by atoms with Crippen LogP contribution >= 0.6 is 11.8 Å². The lowest BCUT2D eigenvalue weighted by Gasteiger charge is -2.41. The Bertz CT molecular complexity index is 1530. The fourth-order valence-electron chi connectivity index (χ4n) is 5.11. The van der Waals surface area contributed by atoms with Gasteiger partial charge in [-0.1, -0.05) is 79.7 Å². The largest absolute Gasteiger partial charge is 0.481 e. The van der Waals surface area contributed by atoms with Gasteiger partial charge >= 0.3 is 5.97 Å². The van der Waals surface area contributed by atoms with E-state index in [1.807, 2.05) is 91.0 Å². The van der Waals surface area contributed by atoms with Crippen molar-refractivity contribution in [2.45, 2.75) is 56.4 Å². The smallest absolute Gasteiger partial charge is 0.303 e. The van der Waals surface area contributed by atoms with E-state index < -0.39 is 12.3 Å². The second kappa shape index (κ2) is 15.1. The number of carbonyl (C=O) groups is 2. The first-order valence-electron chi connectivity index (χ1n) is 14.6. The van der Waals surface area contributed by atoms with Gasteiger partial charge < -0.3 is 25.0 Å². The van der Waals surface area contributed by atoms with Crippen LogP contribution in [-0.4, -0.2) is 38.9 Å². The Morgan fingerprint density at radius 1 is 0.864 bits per heavy atom. The summed E-state index contributed by atoms with van der Waals surface area (Å²) in [6.07, 6.45) is 0.706. The minimum atomic E-state index is -0.991. The maximum Gasteiger partial charge on any atom is 0.303 e. The molecule has 2 heterocycles. The fourth-order valence-corrected chi connectivity index (χ4v) is 6.14. The number of benzene rings is 3. The minimum Gasteiger partial charge on any atom is -0.481 e. The molecule has 0 bridgehead atoms. The molecular formula is C35H36N2O6S. The molecular weight excluding hydrogens is 576 g/mol. The molecule has 4 atom stereocenters. The van der Waals surface area contributed by atoms with E-state index in [-0.39, 0.29) is 43.5 Å². The van der Waals surface area contributed by atoms with Crippen LogP contribution in [0.2, 0.25) is 0 Å². The highest BCUT2D eigenvalue weighted by Gasteiger charge is 2.38. The lowest BCUT2D eigenvalue weighted by molar-refractivity contribution is -0.268. The number of amides is 1. The van der Waals surface area contributed by atoms with E-state index in [9.17, 15) is 14.7 Å².